The molecule has 2 fully saturated rings. The molecule has 1 heterocycles. The lowest BCUT2D eigenvalue weighted by molar-refractivity contribution is 0.0229. The molecular formula is C17H32O. The molecule has 18 heavy (non-hydrogen) atoms. The number of rotatable bonds is 3. The minimum absolute atomic E-state index is 0.498. The number of ether oxygens (including phenoxy) is 1. The van der Waals surface area contributed by atoms with Gasteiger partial charge >= 0.3 is 0 Å². The van der Waals surface area contributed by atoms with Crippen molar-refractivity contribution in [3.05, 3.63) is 0 Å². The average molecular weight is 252 g/mol. The molecule has 0 N–H and O–H groups in total. The molecule has 0 aromatic heterocycles. The van der Waals surface area contributed by atoms with Crippen molar-refractivity contribution in [2.45, 2.75) is 78.9 Å². The first-order valence-electron chi connectivity index (χ1n) is 8.18. The topological polar surface area (TPSA) is 9.23 Å². The van der Waals surface area contributed by atoms with E-state index in [0.29, 0.717) is 12.2 Å². The minimum Gasteiger partial charge on any atom is -0.375 e. The molecule has 106 valence electrons. The van der Waals surface area contributed by atoms with Gasteiger partial charge in [-0.3, -0.25) is 0 Å². The molecule has 0 aromatic rings. The van der Waals surface area contributed by atoms with E-state index in [1.807, 2.05) is 0 Å². The van der Waals surface area contributed by atoms with Gasteiger partial charge in [0.05, 0.1) is 12.2 Å². The summed E-state index contributed by atoms with van der Waals surface area (Å²) in [5.74, 6) is 4.26. The molecule has 0 bridgehead atoms. The molecule has 1 aliphatic heterocycles. The van der Waals surface area contributed by atoms with E-state index >= 15 is 0 Å². The summed E-state index contributed by atoms with van der Waals surface area (Å²) in [7, 11) is 0. The molecule has 1 saturated carbocycles. The summed E-state index contributed by atoms with van der Waals surface area (Å²) in [6.07, 6.45) is 7.87. The maximum absolute atomic E-state index is 6.34. The highest BCUT2D eigenvalue weighted by molar-refractivity contribution is 4.93. The predicted octanol–water partition coefficient (Wildman–Crippen LogP) is 4.90. The van der Waals surface area contributed by atoms with Crippen molar-refractivity contribution in [2.24, 2.45) is 29.6 Å². The number of hydrogen-bond donors (Lipinski definition) is 0. The lowest BCUT2D eigenvalue weighted by Gasteiger charge is -2.23. The Hall–Kier alpha value is -0.0400. The van der Waals surface area contributed by atoms with Crippen LogP contribution in [0.25, 0.3) is 0 Å². The predicted molar refractivity (Wildman–Crippen MR) is 77.6 cm³/mol. The third-order valence-electron chi connectivity index (χ3n) is 5.50. The zero-order valence-corrected chi connectivity index (χ0v) is 13.0. The molecule has 6 unspecified atom stereocenters. The second-order valence-corrected chi connectivity index (χ2v) is 7.31. The van der Waals surface area contributed by atoms with Crippen molar-refractivity contribution in [1.82, 2.24) is 0 Å². The van der Waals surface area contributed by atoms with Crippen molar-refractivity contribution < 1.29 is 4.74 Å². The quantitative estimate of drug-likeness (QED) is 0.694. The Bertz CT molecular complexity index is 260. The van der Waals surface area contributed by atoms with Crippen molar-refractivity contribution >= 4 is 0 Å². The zero-order valence-electron chi connectivity index (χ0n) is 13.0. The van der Waals surface area contributed by atoms with Gasteiger partial charge in [-0.05, 0) is 62.2 Å². The van der Waals surface area contributed by atoms with Gasteiger partial charge in [0.15, 0.2) is 0 Å². The van der Waals surface area contributed by atoms with Gasteiger partial charge in [-0.15, -0.1) is 0 Å². The van der Waals surface area contributed by atoms with Crippen LogP contribution in [0.5, 0.6) is 0 Å². The average Bonchev–Trinajstić information content (AvgIpc) is 2.47. The van der Waals surface area contributed by atoms with Gasteiger partial charge in [-0.1, -0.05) is 34.1 Å². The van der Waals surface area contributed by atoms with Crippen LogP contribution >= 0.6 is 0 Å². The molecular weight excluding hydrogens is 220 g/mol. The Balaban J connectivity index is 2.10. The molecule has 0 aromatic carbocycles. The van der Waals surface area contributed by atoms with E-state index in [4.69, 9.17) is 4.74 Å². The highest BCUT2D eigenvalue weighted by atomic mass is 16.5. The lowest BCUT2D eigenvalue weighted by atomic mass is 9.80. The second-order valence-electron chi connectivity index (χ2n) is 7.31. The van der Waals surface area contributed by atoms with Crippen LogP contribution in [0, 0.1) is 29.6 Å². The highest BCUT2D eigenvalue weighted by Gasteiger charge is 2.44. The Morgan fingerprint density at radius 1 is 1.11 bits per heavy atom. The highest BCUT2D eigenvalue weighted by Crippen LogP contribution is 2.46. The Kier molecular flexibility index (Phi) is 4.75. The molecule has 0 radical (unpaired) electrons. The Morgan fingerprint density at radius 3 is 2.44 bits per heavy atom. The van der Waals surface area contributed by atoms with Gasteiger partial charge in [0.1, 0.15) is 0 Å². The molecule has 2 aliphatic rings. The first-order valence-corrected chi connectivity index (χ1v) is 8.18. The largest absolute Gasteiger partial charge is 0.375 e. The summed E-state index contributed by atoms with van der Waals surface area (Å²) >= 11 is 0. The second kappa shape index (κ2) is 5.94. The van der Waals surface area contributed by atoms with Gasteiger partial charge in [0.25, 0.3) is 0 Å². The van der Waals surface area contributed by atoms with Gasteiger partial charge < -0.3 is 4.74 Å². The first kappa shape index (κ1) is 14.4. The van der Waals surface area contributed by atoms with Crippen LogP contribution in [0.2, 0.25) is 0 Å². The van der Waals surface area contributed by atoms with Crippen molar-refractivity contribution in [2.75, 3.05) is 0 Å². The maximum atomic E-state index is 6.34. The van der Waals surface area contributed by atoms with E-state index in [1.54, 1.807) is 0 Å². The van der Waals surface area contributed by atoms with Crippen LogP contribution in [-0.2, 0) is 4.74 Å². The van der Waals surface area contributed by atoms with Crippen LogP contribution in [0.1, 0.15) is 66.7 Å². The Labute approximate surface area is 114 Å². The molecule has 0 amide bonds. The first-order chi connectivity index (χ1) is 8.52. The van der Waals surface area contributed by atoms with Crippen LogP contribution < -0.4 is 0 Å². The molecule has 1 saturated heterocycles. The van der Waals surface area contributed by atoms with E-state index in [1.165, 1.54) is 32.1 Å². The van der Waals surface area contributed by atoms with E-state index in [-0.39, 0.29) is 0 Å². The molecule has 0 spiro atoms. The van der Waals surface area contributed by atoms with Gasteiger partial charge in [-0.2, -0.15) is 0 Å². The van der Waals surface area contributed by atoms with Crippen LogP contribution in [0.15, 0.2) is 0 Å². The molecule has 1 heteroatoms. The fourth-order valence-corrected chi connectivity index (χ4v) is 4.46. The van der Waals surface area contributed by atoms with Gasteiger partial charge in [0.2, 0.25) is 0 Å². The maximum Gasteiger partial charge on any atom is 0.0613 e. The summed E-state index contributed by atoms with van der Waals surface area (Å²) < 4.78 is 6.34. The fourth-order valence-electron chi connectivity index (χ4n) is 4.46. The van der Waals surface area contributed by atoms with Crippen LogP contribution in [0.4, 0.5) is 0 Å². The van der Waals surface area contributed by atoms with Gasteiger partial charge in [0, 0.05) is 0 Å². The normalized spacial score (nSPS) is 45.0. The number of hydrogen-bond acceptors (Lipinski definition) is 1. The summed E-state index contributed by atoms with van der Waals surface area (Å²) in [6.45, 7) is 11.9. The summed E-state index contributed by atoms with van der Waals surface area (Å²) in [4.78, 5) is 0. The van der Waals surface area contributed by atoms with E-state index in [0.717, 1.165) is 29.6 Å². The molecule has 1 nitrogen and oxygen atoms in total. The summed E-state index contributed by atoms with van der Waals surface area (Å²) in [5.41, 5.74) is 0. The standard InChI is InChI=1S/C17H32O/c1-6-7-15-13(5)18-17-10-14(11(2)3)8-12(4)9-16(15)17/h11-17H,6-10H2,1-5H3. The van der Waals surface area contributed by atoms with E-state index < -0.39 is 0 Å². The van der Waals surface area contributed by atoms with E-state index in [9.17, 15) is 0 Å². The third kappa shape index (κ3) is 2.92. The fraction of sp³-hybridized carbons (Fsp3) is 1.00. The Morgan fingerprint density at radius 2 is 1.83 bits per heavy atom. The lowest BCUT2D eigenvalue weighted by Crippen LogP contribution is -2.22. The third-order valence-corrected chi connectivity index (χ3v) is 5.50. The molecule has 6 atom stereocenters. The van der Waals surface area contributed by atoms with E-state index in [2.05, 4.69) is 34.6 Å². The monoisotopic (exact) mass is 252 g/mol. The zero-order chi connectivity index (χ0) is 13.3. The molecule has 2 rings (SSSR count). The SMILES string of the molecule is CCCC1C(C)OC2CC(C(C)C)CC(C)CC21. The summed E-state index contributed by atoms with van der Waals surface area (Å²) in [6, 6.07) is 0. The van der Waals surface area contributed by atoms with Crippen LogP contribution in [0.3, 0.4) is 0 Å². The van der Waals surface area contributed by atoms with Crippen molar-refractivity contribution in [3.8, 4) is 0 Å². The minimum atomic E-state index is 0.498. The number of fused-ring (bicyclic) bond motifs is 1. The van der Waals surface area contributed by atoms with Crippen molar-refractivity contribution in [3.63, 3.8) is 0 Å². The van der Waals surface area contributed by atoms with Crippen molar-refractivity contribution in [1.29, 1.82) is 0 Å². The smallest absolute Gasteiger partial charge is 0.0613 e. The van der Waals surface area contributed by atoms with Gasteiger partial charge in [-0.25, -0.2) is 0 Å². The van der Waals surface area contributed by atoms with Crippen LogP contribution in [-0.4, -0.2) is 12.2 Å². The molecule has 1 aliphatic carbocycles. The summed E-state index contributed by atoms with van der Waals surface area (Å²) in [5, 5.41) is 0.